The summed E-state index contributed by atoms with van der Waals surface area (Å²) in [6.45, 7) is 1.85. The van der Waals surface area contributed by atoms with E-state index in [1.807, 2.05) is 6.07 Å². The van der Waals surface area contributed by atoms with Crippen molar-refractivity contribution >= 4 is 58.1 Å². The number of hydrogen-bond acceptors (Lipinski definition) is 6. The largest absolute Gasteiger partial charge is 0.369 e. The first-order chi connectivity index (χ1) is 20.2. The molecule has 2 heterocycles. The number of aliphatic imine (C=N–C) groups is 1. The number of guanidine groups is 1. The van der Waals surface area contributed by atoms with Gasteiger partial charge in [-0.05, 0) is 75.1 Å². The van der Waals surface area contributed by atoms with Crippen LogP contribution in [0.3, 0.4) is 0 Å². The third kappa shape index (κ3) is 7.60. The average molecular weight is 614 g/mol. The van der Waals surface area contributed by atoms with E-state index in [4.69, 9.17) is 39.7 Å². The lowest BCUT2D eigenvalue weighted by Gasteiger charge is -2.34. The van der Waals surface area contributed by atoms with Crippen molar-refractivity contribution in [3.63, 3.8) is 0 Å². The van der Waals surface area contributed by atoms with Gasteiger partial charge in [-0.1, -0.05) is 41.4 Å². The van der Waals surface area contributed by atoms with Crippen molar-refractivity contribution in [2.45, 2.75) is 51.0 Å². The molecular weight excluding hydrogens is 578 g/mol. The summed E-state index contributed by atoms with van der Waals surface area (Å²) in [5.74, 6) is -0.00645. The van der Waals surface area contributed by atoms with Gasteiger partial charge in [0, 0.05) is 30.7 Å². The molecule has 6 N–H and O–H groups in total. The van der Waals surface area contributed by atoms with Gasteiger partial charge in [0.1, 0.15) is 11.5 Å². The van der Waals surface area contributed by atoms with Crippen LogP contribution < -0.4 is 27.0 Å². The maximum atomic E-state index is 13.6. The van der Waals surface area contributed by atoms with Crippen molar-refractivity contribution in [1.82, 2.24) is 9.97 Å². The van der Waals surface area contributed by atoms with Crippen LogP contribution in [0.25, 0.3) is 0 Å². The molecule has 3 aromatic rings. The Morgan fingerprint density at radius 3 is 2.48 bits per heavy atom. The van der Waals surface area contributed by atoms with Gasteiger partial charge in [0.2, 0.25) is 11.9 Å². The van der Waals surface area contributed by atoms with E-state index < -0.39 is 5.82 Å². The second-order valence-electron chi connectivity index (χ2n) is 11.0. The van der Waals surface area contributed by atoms with Crippen LogP contribution in [0.2, 0.25) is 10.0 Å². The molecule has 2 aliphatic rings. The van der Waals surface area contributed by atoms with Gasteiger partial charge in [-0.3, -0.25) is 4.79 Å². The molecule has 42 heavy (non-hydrogen) atoms. The van der Waals surface area contributed by atoms with E-state index in [1.54, 1.807) is 6.20 Å². The van der Waals surface area contributed by atoms with Crippen molar-refractivity contribution < 1.29 is 9.18 Å². The molecule has 0 bridgehead atoms. The van der Waals surface area contributed by atoms with Gasteiger partial charge in [-0.25, -0.2) is 19.4 Å². The average Bonchev–Trinajstić information content (AvgIpc) is 2.97. The van der Waals surface area contributed by atoms with Crippen molar-refractivity contribution in [3.05, 3.63) is 70.2 Å². The number of primary amides is 1. The first-order valence-electron chi connectivity index (χ1n) is 14.2. The van der Waals surface area contributed by atoms with E-state index in [0.717, 1.165) is 69.4 Å². The molecule has 1 aromatic heterocycles. The molecule has 2 fully saturated rings. The second kappa shape index (κ2) is 13.6. The highest BCUT2D eigenvalue weighted by Crippen LogP contribution is 2.34. The Labute approximate surface area is 254 Å². The number of hydrogen-bond donors (Lipinski definition) is 4. The Kier molecular flexibility index (Phi) is 9.64. The van der Waals surface area contributed by atoms with Gasteiger partial charge in [-0.15, -0.1) is 0 Å². The summed E-state index contributed by atoms with van der Waals surface area (Å²) in [6.07, 6.45) is 7.62. The third-order valence-electron chi connectivity index (χ3n) is 7.95. The van der Waals surface area contributed by atoms with Gasteiger partial charge >= 0.3 is 0 Å². The van der Waals surface area contributed by atoms with Gasteiger partial charge < -0.3 is 27.0 Å². The summed E-state index contributed by atoms with van der Waals surface area (Å²) < 4.78 is 13.6. The number of nitrogens with two attached hydrogens (primary N) is 2. The lowest BCUT2D eigenvalue weighted by atomic mass is 9.79. The number of halogens is 3. The quantitative estimate of drug-likeness (QED) is 0.184. The monoisotopic (exact) mass is 612 g/mol. The van der Waals surface area contributed by atoms with Crippen LogP contribution in [0.4, 0.5) is 27.4 Å². The van der Waals surface area contributed by atoms with E-state index in [2.05, 4.69) is 49.8 Å². The Morgan fingerprint density at radius 1 is 1.07 bits per heavy atom. The van der Waals surface area contributed by atoms with Crippen LogP contribution in [0.15, 0.2) is 53.7 Å². The molecule has 0 unspecified atom stereocenters. The Morgan fingerprint density at radius 2 is 1.79 bits per heavy atom. The Balaban J connectivity index is 1.35. The molecule has 9 nitrogen and oxygen atoms in total. The number of carbonyl (C=O) groups excluding carboxylic acids is 1. The minimum atomic E-state index is -0.555. The third-order valence-corrected chi connectivity index (χ3v) is 8.55. The van der Waals surface area contributed by atoms with Crippen LogP contribution >= 0.6 is 23.2 Å². The van der Waals surface area contributed by atoms with Crippen molar-refractivity contribution in [3.8, 4) is 0 Å². The predicted molar refractivity (Wildman–Crippen MR) is 167 cm³/mol. The van der Waals surface area contributed by atoms with Crippen molar-refractivity contribution in [1.29, 1.82) is 0 Å². The summed E-state index contributed by atoms with van der Waals surface area (Å²) in [4.78, 5) is 28.1. The van der Waals surface area contributed by atoms with Crippen LogP contribution in [-0.4, -0.2) is 41.0 Å². The normalized spacial score (nSPS) is 21.2. The molecule has 1 amide bonds. The number of carbonyl (C=O) groups is 1. The van der Waals surface area contributed by atoms with E-state index in [-0.39, 0.29) is 39.6 Å². The highest BCUT2D eigenvalue weighted by molar-refractivity contribution is 6.39. The van der Waals surface area contributed by atoms with Gasteiger partial charge in [0.15, 0.2) is 5.96 Å². The first-order valence-corrected chi connectivity index (χ1v) is 15.0. The summed E-state index contributed by atoms with van der Waals surface area (Å²) in [5, 5.41) is 6.56. The number of piperidine rings is 1. The first kappa shape index (κ1) is 29.8. The summed E-state index contributed by atoms with van der Waals surface area (Å²) in [7, 11) is 0. The Hall–Kier alpha value is -3.63. The smallest absolute Gasteiger partial charge is 0.223 e. The molecule has 0 spiro atoms. The number of aromatic nitrogens is 2. The van der Waals surface area contributed by atoms with E-state index >= 15 is 0 Å². The van der Waals surface area contributed by atoms with Crippen molar-refractivity contribution in [2.75, 3.05) is 28.6 Å². The molecule has 0 radical (unpaired) electrons. The number of amides is 1. The fraction of sp³-hybridized carbons (Fsp3) is 0.400. The number of nitrogens with zero attached hydrogens (tertiary/aromatic N) is 4. The fourth-order valence-electron chi connectivity index (χ4n) is 5.75. The van der Waals surface area contributed by atoms with Gasteiger partial charge in [-0.2, -0.15) is 0 Å². The molecule has 2 aromatic carbocycles. The maximum absolute atomic E-state index is 13.6. The van der Waals surface area contributed by atoms with E-state index in [9.17, 15) is 9.18 Å². The van der Waals surface area contributed by atoms with E-state index in [1.165, 1.54) is 5.69 Å². The molecular formula is C30H35Cl2FN8O. The van der Waals surface area contributed by atoms with Crippen molar-refractivity contribution in [2.24, 2.45) is 28.3 Å². The lowest BCUT2D eigenvalue weighted by Crippen LogP contribution is -2.42. The van der Waals surface area contributed by atoms with Crippen LogP contribution in [0.5, 0.6) is 0 Å². The minimum Gasteiger partial charge on any atom is -0.369 e. The lowest BCUT2D eigenvalue weighted by molar-refractivity contribution is -0.122. The summed E-state index contributed by atoms with van der Waals surface area (Å²) in [5.41, 5.74) is 14.5. The minimum absolute atomic E-state index is 0.0131. The number of rotatable bonds is 8. The zero-order valence-corrected chi connectivity index (χ0v) is 24.7. The van der Waals surface area contributed by atoms with Gasteiger partial charge in [0.05, 0.1) is 27.6 Å². The van der Waals surface area contributed by atoms with Crippen LogP contribution in [0, 0.1) is 17.7 Å². The standard InChI is InChI=1S/C30H35Cl2FN8O/c31-23-14-20(33)15-24(32)27(23)40-29(35)38-26-16-36-30(39-25(26)13-18-8-10-19(11-9-18)28(34)42)37-21-5-4-12-41(17-21)22-6-2-1-3-7-22/h1-3,6-7,14-16,18-19,21H,4-5,8-13,17H2,(H2,34,42)(H3,35,38,40)(H,36,37,39)/t18-,19+,21-/m1/s1. The number of para-hydroxylation sites is 1. The number of benzene rings is 2. The fourth-order valence-corrected chi connectivity index (χ4v) is 6.30. The summed E-state index contributed by atoms with van der Waals surface area (Å²) in [6, 6.07) is 12.8. The zero-order valence-electron chi connectivity index (χ0n) is 23.2. The molecule has 1 atom stereocenters. The molecule has 12 heteroatoms. The van der Waals surface area contributed by atoms with Gasteiger partial charge in [0.25, 0.3) is 0 Å². The molecule has 1 saturated carbocycles. The molecule has 1 aliphatic heterocycles. The van der Waals surface area contributed by atoms with Crippen LogP contribution in [0.1, 0.15) is 44.2 Å². The van der Waals surface area contributed by atoms with Crippen LogP contribution in [-0.2, 0) is 11.2 Å². The second-order valence-corrected chi connectivity index (χ2v) is 11.8. The maximum Gasteiger partial charge on any atom is 0.223 e. The molecule has 1 aliphatic carbocycles. The topological polar surface area (TPSA) is 135 Å². The highest BCUT2D eigenvalue weighted by atomic mass is 35.5. The number of anilines is 3. The Bertz CT molecular complexity index is 1410. The highest BCUT2D eigenvalue weighted by Gasteiger charge is 2.27. The molecule has 5 rings (SSSR count). The molecule has 222 valence electrons. The SMILES string of the molecule is N/C(=N\c1cnc(N[C@@H]2CCCN(c3ccccc3)C2)nc1C[C@H]1CC[C@@H](C(N)=O)CC1)Nc1c(Cl)cc(F)cc1Cl. The number of nitrogens with one attached hydrogen (secondary N) is 2. The summed E-state index contributed by atoms with van der Waals surface area (Å²) >= 11 is 12.3. The predicted octanol–water partition coefficient (Wildman–Crippen LogP) is 5.90. The van der Waals surface area contributed by atoms with E-state index in [0.29, 0.717) is 24.0 Å². The zero-order chi connectivity index (χ0) is 29.6. The molecule has 1 saturated heterocycles.